The molecule has 0 unspecified atom stereocenters. The number of benzene rings is 3. The van der Waals surface area contributed by atoms with Crippen LogP contribution in [0.2, 0.25) is 0 Å². The molecule has 39 heavy (non-hydrogen) atoms. The van der Waals surface area contributed by atoms with Gasteiger partial charge in [0.05, 0.1) is 32.5 Å². The standard InChI is InChI=1S/C27H28F3NO7S/c1-17(2)31(26(32)22-11-10-20(35-3)15-24(22)37-5)16-18-9-12-23(36-4)25(13-18)38-39(33,34)21-8-6-7-19(14-21)27(28,29)30/h6-15,17H,16H2,1-5H3. The van der Waals surface area contributed by atoms with Gasteiger partial charge >= 0.3 is 16.3 Å². The predicted molar refractivity (Wildman–Crippen MR) is 137 cm³/mol. The molecule has 0 aliphatic rings. The van der Waals surface area contributed by atoms with E-state index in [0.29, 0.717) is 28.7 Å². The molecule has 0 aliphatic heterocycles. The summed E-state index contributed by atoms with van der Waals surface area (Å²) in [6.07, 6.45) is -4.73. The highest BCUT2D eigenvalue weighted by atomic mass is 32.2. The normalized spacial score (nSPS) is 11.7. The van der Waals surface area contributed by atoms with Crippen LogP contribution in [0.1, 0.15) is 35.3 Å². The molecule has 0 fully saturated rings. The zero-order valence-electron chi connectivity index (χ0n) is 21.9. The van der Waals surface area contributed by atoms with Gasteiger partial charge in [0.25, 0.3) is 5.91 Å². The molecule has 0 saturated carbocycles. The Morgan fingerprint density at radius 3 is 2.15 bits per heavy atom. The van der Waals surface area contributed by atoms with Gasteiger partial charge in [-0.2, -0.15) is 21.6 Å². The number of hydrogen-bond acceptors (Lipinski definition) is 7. The molecule has 3 aromatic carbocycles. The summed E-state index contributed by atoms with van der Waals surface area (Å²) in [6.45, 7) is 3.68. The molecule has 0 N–H and O–H groups in total. The van der Waals surface area contributed by atoms with E-state index in [1.165, 1.54) is 38.4 Å². The Hall–Kier alpha value is -3.93. The molecule has 0 saturated heterocycles. The van der Waals surface area contributed by atoms with Crippen LogP contribution in [-0.2, 0) is 22.8 Å². The van der Waals surface area contributed by atoms with Gasteiger partial charge in [-0.1, -0.05) is 12.1 Å². The maximum atomic E-state index is 13.5. The van der Waals surface area contributed by atoms with Crippen molar-refractivity contribution in [3.63, 3.8) is 0 Å². The lowest BCUT2D eigenvalue weighted by Gasteiger charge is -2.28. The summed E-state index contributed by atoms with van der Waals surface area (Å²) in [4.78, 5) is 14.3. The number of carbonyl (C=O) groups is 1. The first-order chi connectivity index (χ1) is 18.3. The van der Waals surface area contributed by atoms with Crippen LogP contribution >= 0.6 is 0 Å². The average Bonchev–Trinajstić information content (AvgIpc) is 2.90. The highest BCUT2D eigenvalue weighted by molar-refractivity contribution is 7.87. The predicted octanol–water partition coefficient (Wildman–Crippen LogP) is 5.55. The topological polar surface area (TPSA) is 91.4 Å². The molecule has 3 aromatic rings. The molecule has 210 valence electrons. The van der Waals surface area contributed by atoms with Gasteiger partial charge in [0.2, 0.25) is 0 Å². The molecule has 3 rings (SSSR count). The highest BCUT2D eigenvalue weighted by Crippen LogP contribution is 2.34. The molecule has 1 amide bonds. The van der Waals surface area contributed by atoms with Crippen molar-refractivity contribution in [2.45, 2.75) is 37.5 Å². The van der Waals surface area contributed by atoms with Gasteiger partial charge in [-0.3, -0.25) is 4.79 Å². The third-order valence-corrected chi connectivity index (χ3v) is 6.98. The Bertz CT molecular complexity index is 1440. The van der Waals surface area contributed by atoms with E-state index in [0.717, 1.165) is 18.2 Å². The fourth-order valence-corrected chi connectivity index (χ4v) is 4.67. The van der Waals surface area contributed by atoms with E-state index >= 15 is 0 Å². The Morgan fingerprint density at radius 1 is 0.872 bits per heavy atom. The van der Waals surface area contributed by atoms with Crippen LogP contribution in [0.15, 0.2) is 65.6 Å². The molecule has 12 heteroatoms. The number of ether oxygens (including phenoxy) is 3. The highest BCUT2D eigenvalue weighted by Gasteiger charge is 2.32. The molecule has 0 aliphatic carbocycles. The van der Waals surface area contributed by atoms with Crippen molar-refractivity contribution in [3.05, 3.63) is 77.4 Å². The van der Waals surface area contributed by atoms with Crippen LogP contribution in [0.3, 0.4) is 0 Å². The minimum absolute atomic E-state index is 0.0357. The van der Waals surface area contributed by atoms with E-state index in [1.54, 1.807) is 24.3 Å². The number of amides is 1. The lowest BCUT2D eigenvalue weighted by atomic mass is 10.1. The van der Waals surface area contributed by atoms with E-state index in [2.05, 4.69) is 0 Å². The van der Waals surface area contributed by atoms with E-state index in [9.17, 15) is 26.4 Å². The average molecular weight is 568 g/mol. The molecule has 0 bridgehead atoms. The first kappa shape index (κ1) is 29.6. The zero-order valence-corrected chi connectivity index (χ0v) is 22.7. The van der Waals surface area contributed by atoms with Crippen LogP contribution in [-0.4, -0.2) is 46.6 Å². The van der Waals surface area contributed by atoms with Crippen LogP contribution in [0.5, 0.6) is 23.0 Å². The van der Waals surface area contributed by atoms with Gasteiger partial charge < -0.3 is 23.3 Å². The number of rotatable bonds is 10. The number of hydrogen-bond donors (Lipinski definition) is 0. The summed E-state index contributed by atoms with van der Waals surface area (Å²) < 4.78 is 86.1. The number of nitrogens with zero attached hydrogens (tertiary/aromatic N) is 1. The third-order valence-electron chi connectivity index (χ3n) is 5.75. The molecule has 0 spiro atoms. The van der Waals surface area contributed by atoms with E-state index in [4.69, 9.17) is 18.4 Å². The van der Waals surface area contributed by atoms with Crippen molar-refractivity contribution >= 4 is 16.0 Å². The van der Waals surface area contributed by atoms with Crippen molar-refractivity contribution in [2.75, 3.05) is 21.3 Å². The molecule has 0 radical (unpaired) electrons. The van der Waals surface area contributed by atoms with E-state index in [-0.39, 0.29) is 30.0 Å². The maximum Gasteiger partial charge on any atom is 0.416 e. The van der Waals surface area contributed by atoms with Crippen molar-refractivity contribution < 1.29 is 44.8 Å². The summed E-state index contributed by atoms with van der Waals surface area (Å²) in [5.74, 6) is 0.271. The summed E-state index contributed by atoms with van der Waals surface area (Å²) in [5, 5.41) is 0. The van der Waals surface area contributed by atoms with Crippen LogP contribution in [0.25, 0.3) is 0 Å². The van der Waals surface area contributed by atoms with Gasteiger partial charge in [0, 0.05) is 18.7 Å². The fourth-order valence-electron chi connectivity index (χ4n) is 3.69. The number of alkyl halides is 3. The van der Waals surface area contributed by atoms with Gasteiger partial charge in [-0.25, -0.2) is 0 Å². The molecule has 0 heterocycles. The van der Waals surface area contributed by atoms with Crippen LogP contribution < -0.4 is 18.4 Å². The van der Waals surface area contributed by atoms with Crippen molar-refractivity contribution in [1.29, 1.82) is 0 Å². The quantitative estimate of drug-likeness (QED) is 0.297. The smallest absolute Gasteiger partial charge is 0.416 e. The number of halogens is 3. The Labute approximate surface area is 225 Å². The second-order valence-corrected chi connectivity index (χ2v) is 10.2. The molecular weight excluding hydrogens is 539 g/mol. The number of methoxy groups -OCH3 is 3. The lowest BCUT2D eigenvalue weighted by Crippen LogP contribution is -2.36. The maximum absolute atomic E-state index is 13.5. The minimum atomic E-state index is -4.73. The number of carbonyl (C=O) groups excluding carboxylic acids is 1. The van der Waals surface area contributed by atoms with Gasteiger partial charge in [0.15, 0.2) is 11.5 Å². The Balaban J connectivity index is 1.94. The Morgan fingerprint density at radius 2 is 1.56 bits per heavy atom. The lowest BCUT2D eigenvalue weighted by molar-refractivity contribution is -0.137. The minimum Gasteiger partial charge on any atom is -0.497 e. The molecule has 8 nitrogen and oxygen atoms in total. The molecule has 0 atom stereocenters. The summed E-state index contributed by atoms with van der Waals surface area (Å²) in [7, 11) is -0.437. The Kier molecular flexibility index (Phi) is 9.00. The zero-order chi connectivity index (χ0) is 29.0. The van der Waals surface area contributed by atoms with Crippen LogP contribution in [0.4, 0.5) is 13.2 Å². The van der Waals surface area contributed by atoms with E-state index in [1.807, 2.05) is 13.8 Å². The second-order valence-electron chi connectivity index (χ2n) is 8.64. The van der Waals surface area contributed by atoms with Crippen molar-refractivity contribution in [2.24, 2.45) is 0 Å². The van der Waals surface area contributed by atoms with Crippen LogP contribution in [0, 0.1) is 0 Å². The SMILES string of the molecule is COc1ccc(C(=O)N(Cc2ccc(OC)c(OS(=O)(=O)c3cccc(C(F)(F)F)c3)c2)C(C)C)c(OC)c1. The van der Waals surface area contributed by atoms with Gasteiger partial charge in [-0.05, 0) is 61.9 Å². The summed E-state index contributed by atoms with van der Waals surface area (Å²) in [6, 6.07) is 12.2. The first-order valence-corrected chi connectivity index (χ1v) is 13.0. The largest absolute Gasteiger partial charge is 0.497 e. The van der Waals surface area contributed by atoms with Gasteiger partial charge in [-0.15, -0.1) is 0 Å². The molecule has 0 aromatic heterocycles. The van der Waals surface area contributed by atoms with E-state index < -0.39 is 26.8 Å². The van der Waals surface area contributed by atoms with Crippen molar-refractivity contribution in [1.82, 2.24) is 4.90 Å². The monoisotopic (exact) mass is 567 g/mol. The summed E-state index contributed by atoms with van der Waals surface area (Å²) >= 11 is 0. The third kappa shape index (κ3) is 6.94. The van der Waals surface area contributed by atoms with Crippen molar-refractivity contribution in [3.8, 4) is 23.0 Å². The summed E-state index contributed by atoms with van der Waals surface area (Å²) in [5.41, 5.74) is -0.350. The first-order valence-electron chi connectivity index (χ1n) is 11.6. The fraction of sp³-hybridized carbons (Fsp3) is 0.296. The van der Waals surface area contributed by atoms with Gasteiger partial charge in [0.1, 0.15) is 16.4 Å². The molecular formula is C27H28F3NO7S. The second kappa shape index (κ2) is 11.9.